The van der Waals surface area contributed by atoms with E-state index in [0.717, 1.165) is 0 Å². The second kappa shape index (κ2) is 10.3. The van der Waals surface area contributed by atoms with E-state index in [2.05, 4.69) is 0 Å². The van der Waals surface area contributed by atoms with Crippen molar-refractivity contribution in [2.45, 2.75) is 6.42 Å². The number of nitrogen functional groups attached to an aromatic ring is 1. The van der Waals surface area contributed by atoms with Crippen LogP contribution in [0, 0.1) is 0 Å². The first-order valence-electron chi connectivity index (χ1n) is 5.78. The number of para-hydroxylation sites is 1. The Kier molecular flexibility index (Phi) is 10.7. The van der Waals surface area contributed by atoms with Crippen molar-refractivity contribution in [3.63, 3.8) is 0 Å². The minimum atomic E-state index is -0.976. The molecule has 0 spiro atoms. The van der Waals surface area contributed by atoms with Gasteiger partial charge in [-0.15, -0.1) is 0 Å². The van der Waals surface area contributed by atoms with Crippen LogP contribution in [0.3, 0.4) is 0 Å². The van der Waals surface area contributed by atoms with Crippen molar-refractivity contribution in [2.24, 2.45) is 0 Å². The summed E-state index contributed by atoms with van der Waals surface area (Å²) in [4.78, 5) is 23.0. The van der Waals surface area contributed by atoms with E-state index in [1.807, 2.05) is 6.07 Å². The fourth-order valence-corrected chi connectivity index (χ4v) is 1.87. The first-order valence-corrected chi connectivity index (χ1v) is 5.78. The molecular formula is C15H19CaNO5. The molecule has 0 atom stereocenters. The fourth-order valence-electron chi connectivity index (χ4n) is 1.87. The number of nitrogens with two attached hydrogens (primary N) is 1. The molecule has 0 fully saturated rings. The third-order valence-electron chi connectivity index (χ3n) is 2.82. The van der Waals surface area contributed by atoms with Gasteiger partial charge in [-0.25, -0.2) is 0 Å². The van der Waals surface area contributed by atoms with Crippen molar-refractivity contribution < 1.29 is 25.6 Å². The summed E-state index contributed by atoms with van der Waals surface area (Å²) in [6.07, 6.45) is -0.193. The number of benzene rings is 2. The zero-order chi connectivity index (χ0) is 13.8. The first-order chi connectivity index (χ1) is 9.09. The zero-order valence-corrected chi connectivity index (χ0v) is 11.2. The van der Waals surface area contributed by atoms with Crippen molar-refractivity contribution in [1.82, 2.24) is 0 Å². The molecule has 0 aliphatic carbocycles. The first kappa shape index (κ1) is 22.8. The van der Waals surface area contributed by atoms with Crippen LogP contribution in [0.15, 0.2) is 48.5 Å². The maximum absolute atomic E-state index is 12.3. The van der Waals surface area contributed by atoms with Crippen LogP contribution in [0.25, 0.3) is 0 Å². The molecule has 0 aromatic heterocycles. The Labute approximate surface area is 157 Å². The van der Waals surface area contributed by atoms with Gasteiger partial charge in [0.25, 0.3) is 0 Å². The van der Waals surface area contributed by atoms with E-state index in [1.165, 1.54) is 0 Å². The second-order valence-electron chi connectivity index (χ2n) is 4.14. The Morgan fingerprint density at radius 1 is 0.955 bits per heavy atom. The van der Waals surface area contributed by atoms with E-state index >= 15 is 0 Å². The second-order valence-corrected chi connectivity index (χ2v) is 4.14. The van der Waals surface area contributed by atoms with E-state index in [0.29, 0.717) is 16.7 Å². The molecule has 6 nitrogen and oxygen atoms in total. The summed E-state index contributed by atoms with van der Waals surface area (Å²) in [7, 11) is 0. The van der Waals surface area contributed by atoms with Crippen molar-refractivity contribution in [3.05, 3.63) is 65.2 Å². The van der Waals surface area contributed by atoms with Gasteiger partial charge < -0.3 is 21.8 Å². The van der Waals surface area contributed by atoms with Gasteiger partial charge >= 0.3 is 43.7 Å². The number of hydrogen-bond acceptors (Lipinski definition) is 3. The summed E-state index contributed by atoms with van der Waals surface area (Å²) in [6, 6.07) is 13.6. The Morgan fingerprint density at radius 2 is 1.55 bits per heavy atom. The number of aliphatic carboxylic acids is 1. The molecule has 0 aliphatic rings. The van der Waals surface area contributed by atoms with Crippen molar-refractivity contribution in [2.75, 3.05) is 5.73 Å². The van der Waals surface area contributed by atoms with Crippen LogP contribution < -0.4 is 5.73 Å². The number of carbonyl (C=O) groups excluding carboxylic acids is 1. The topological polar surface area (TPSA) is 143 Å². The third-order valence-corrected chi connectivity index (χ3v) is 2.82. The zero-order valence-electron chi connectivity index (χ0n) is 11.2. The summed E-state index contributed by atoms with van der Waals surface area (Å²) in [5.74, 6) is -1.18. The van der Waals surface area contributed by atoms with Gasteiger partial charge in [0.15, 0.2) is 5.78 Å². The predicted octanol–water partition coefficient (Wildman–Crippen LogP) is -0.439. The third kappa shape index (κ3) is 5.40. The van der Waals surface area contributed by atoms with Crippen LogP contribution in [-0.4, -0.2) is 65.5 Å². The number of hydrogen-bond donors (Lipinski definition) is 2. The van der Waals surface area contributed by atoms with E-state index in [-0.39, 0.29) is 66.6 Å². The average Bonchev–Trinajstić information content (AvgIpc) is 2.41. The molecule has 2 aromatic carbocycles. The maximum atomic E-state index is 12.3. The molecule has 22 heavy (non-hydrogen) atoms. The molecule has 116 valence electrons. The van der Waals surface area contributed by atoms with Crippen molar-refractivity contribution in [1.29, 1.82) is 0 Å². The molecule has 2 aromatic rings. The Bertz CT molecular complexity index is 631. The molecule has 0 heterocycles. The number of rotatable bonds is 4. The van der Waals surface area contributed by atoms with Gasteiger partial charge in [0.1, 0.15) is 0 Å². The molecule has 2 rings (SSSR count). The van der Waals surface area contributed by atoms with Gasteiger partial charge in [-0.2, -0.15) is 0 Å². The van der Waals surface area contributed by atoms with E-state index < -0.39 is 5.97 Å². The van der Waals surface area contributed by atoms with Crippen LogP contribution >= 0.6 is 0 Å². The van der Waals surface area contributed by atoms with Gasteiger partial charge in [0.05, 0.1) is 6.42 Å². The summed E-state index contributed by atoms with van der Waals surface area (Å²) in [6.45, 7) is 0. The minimum absolute atomic E-state index is 0. The number of carboxylic acid groups (broad SMARTS) is 1. The average molecular weight is 333 g/mol. The summed E-state index contributed by atoms with van der Waals surface area (Å²) >= 11 is 0. The Balaban J connectivity index is 0. The predicted molar refractivity (Wildman–Crippen MR) is 87.8 cm³/mol. The summed E-state index contributed by atoms with van der Waals surface area (Å²) in [5.41, 5.74) is 7.44. The van der Waals surface area contributed by atoms with Gasteiger partial charge in [-0.3, -0.25) is 9.59 Å². The summed E-state index contributed by atoms with van der Waals surface area (Å²) in [5, 5.41) is 8.80. The summed E-state index contributed by atoms with van der Waals surface area (Å²) < 4.78 is 0. The molecule has 0 saturated carbocycles. The van der Waals surface area contributed by atoms with Crippen LogP contribution in [0.4, 0.5) is 5.69 Å². The van der Waals surface area contributed by atoms with Gasteiger partial charge in [0, 0.05) is 16.8 Å². The number of ketones is 1. The van der Waals surface area contributed by atoms with Crippen LogP contribution in [-0.2, 0) is 11.2 Å². The number of carbonyl (C=O) groups is 2. The molecule has 0 saturated heterocycles. The van der Waals surface area contributed by atoms with Crippen molar-refractivity contribution in [3.8, 4) is 0 Å². The van der Waals surface area contributed by atoms with Crippen LogP contribution in [0.5, 0.6) is 0 Å². The molecule has 0 amide bonds. The van der Waals surface area contributed by atoms with Crippen LogP contribution in [0.2, 0.25) is 0 Å². The SMILES string of the molecule is Nc1c(CC(=O)O)cccc1C(=O)c1ccccc1.O.O.[CaH2]. The van der Waals surface area contributed by atoms with Crippen molar-refractivity contribution >= 4 is 55.2 Å². The molecule has 0 unspecified atom stereocenters. The molecule has 0 bridgehead atoms. The molecule has 0 aliphatic heterocycles. The molecule has 7 N–H and O–H groups in total. The normalized spacial score (nSPS) is 8.73. The fraction of sp³-hybridized carbons (Fsp3) is 0.0667. The van der Waals surface area contributed by atoms with E-state index in [4.69, 9.17) is 10.8 Å². The van der Waals surface area contributed by atoms with Crippen LogP contribution in [0.1, 0.15) is 21.5 Å². The van der Waals surface area contributed by atoms with Gasteiger partial charge in [-0.1, -0.05) is 42.5 Å². The monoisotopic (exact) mass is 333 g/mol. The van der Waals surface area contributed by atoms with E-state index in [1.54, 1.807) is 42.5 Å². The standard InChI is InChI=1S/C15H13NO3.Ca.2H2O.2H/c16-14-11(9-13(17)18)7-4-8-12(14)15(19)10-5-2-1-3-6-10;;;;;/h1-8H,9,16H2,(H,17,18);;2*1H2;;. The molecule has 7 heteroatoms. The quantitative estimate of drug-likeness (QED) is 0.444. The van der Waals surface area contributed by atoms with Gasteiger partial charge in [-0.05, 0) is 11.6 Å². The Hall–Kier alpha value is -1.44. The number of anilines is 1. The van der Waals surface area contributed by atoms with Gasteiger partial charge in [0.2, 0.25) is 0 Å². The molecule has 0 radical (unpaired) electrons. The molecular weight excluding hydrogens is 314 g/mol. The van der Waals surface area contributed by atoms with E-state index in [9.17, 15) is 9.59 Å². The number of carboxylic acids is 1. The Morgan fingerprint density at radius 3 is 2.09 bits per heavy atom.